The van der Waals surface area contributed by atoms with Gasteiger partial charge in [-0.2, -0.15) is 0 Å². The van der Waals surface area contributed by atoms with Crippen LogP contribution in [0.15, 0.2) is 150 Å². The van der Waals surface area contributed by atoms with Gasteiger partial charge in [-0.25, -0.2) is 0 Å². The number of pyridine rings is 1. The fourth-order valence-corrected chi connectivity index (χ4v) is 5.56. The average Bonchev–Trinajstić information content (AvgIpc) is 3.72. The minimum atomic E-state index is 0. The van der Waals surface area contributed by atoms with Crippen LogP contribution >= 0.6 is 0 Å². The van der Waals surface area contributed by atoms with Crippen LogP contribution in [-0.4, -0.2) is 29.9 Å². The number of aromatic nitrogens is 6. The van der Waals surface area contributed by atoms with Crippen LogP contribution in [0, 0.1) is 12.1 Å². The van der Waals surface area contributed by atoms with E-state index in [0.29, 0.717) is 11.5 Å². The Morgan fingerprint density at radius 1 is 0.681 bits per heavy atom. The van der Waals surface area contributed by atoms with Crippen LogP contribution in [0.1, 0.15) is 0 Å². The van der Waals surface area contributed by atoms with Crippen LogP contribution in [0.5, 0.6) is 0 Å². The van der Waals surface area contributed by atoms with Crippen LogP contribution in [-0.2, 0) is 20.1 Å². The molecule has 9 rings (SSSR count). The molecule has 7 nitrogen and oxygen atoms in total. The van der Waals surface area contributed by atoms with Gasteiger partial charge in [0.05, 0.1) is 17.6 Å². The fourth-order valence-electron chi connectivity index (χ4n) is 5.56. The smallest absolute Gasteiger partial charge is 0.194 e. The molecule has 0 saturated carbocycles. The van der Waals surface area contributed by atoms with Gasteiger partial charge in [-0.1, -0.05) is 83.7 Å². The van der Waals surface area contributed by atoms with Crippen molar-refractivity contribution in [2.24, 2.45) is 0 Å². The van der Waals surface area contributed by atoms with E-state index in [2.05, 4.69) is 62.9 Å². The third-order valence-corrected chi connectivity index (χ3v) is 7.69. The Morgan fingerprint density at radius 2 is 1.49 bits per heavy atom. The van der Waals surface area contributed by atoms with E-state index in [4.69, 9.17) is 9.40 Å². The van der Waals surface area contributed by atoms with Crippen molar-refractivity contribution in [1.29, 1.82) is 0 Å². The standard InChI is InChI=1S/C28H16N5O.C11H8N.Ir/c1-3-8-18(9-4-1)19-14-15-21-22-12-7-13-23(26(22)34-25(21)16-19)28-30-27-24(17-29-32-31-27)33(28)20-10-5-2-6-11-20;1-2-6-10(7-3-1)11-8-4-5-9-12-11;/h1-12,14-17H;1-6,8-9H;/q2*-1;. The monoisotopic (exact) mass is 785 g/mol. The van der Waals surface area contributed by atoms with Crippen molar-refractivity contribution in [3.05, 3.63) is 158 Å². The van der Waals surface area contributed by atoms with Crippen LogP contribution in [0.4, 0.5) is 0 Å². The summed E-state index contributed by atoms with van der Waals surface area (Å²) in [7, 11) is 0. The van der Waals surface area contributed by atoms with Crippen molar-refractivity contribution in [2.75, 3.05) is 0 Å². The second-order valence-corrected chi connectivity index (χ2v) is 10.5. The van der Waals surface area contributed by atoms with E-state index in [1.165, 1.54) is 0 Å². The van der Waals surface area contributed by atoms with Gasteiger partial charge in [0, 0.05) is 37.4 Å². The van der Waals surface area contributed by atoms with Crippen molar-refractivity contribution in [2.45, 2.75) is 0 Å². The normalized spacial score (nSPS) is 10.8. The minimum absolute atomic E-state index is 0. The van der Waals surface area contributed by atoms with E-state index >= 15 is 0 Å². The maximum absolute atomic E-state index is 6.45. The molecule has 0 atom stereocenters. The number of furan rings is 1. The predicted molar refractivity (Wildman–Crippen MR) is 180 cm³/mol. The number of hydrogen-bond acceptors (Lipinski definition) is 6. The Balaban J connectivity index is 0.000000228. The van der Waals surface area contributed by atoms with E-state index in [0.717, 1.165) is 61.1 Å². The van der Waals surface area contributed by atoms with Crippen molar-refractivity contribution in [3.8, 4) is 39.5 Å². The molecule has 0 fully saturated rings. The number of fused-ring (bicyclic) bond motifs is 4. The summed E-state index contributed by atoms with van der Waals surface area (Å²) in [4.78, 5) is 9.02. The first kappa shape index (κ1) is 29.9. The minimum Gasteiger partial charge on any atom is -0.501 e. The van der Waals surface area contributed by atoms with Crippen molar-refractivity contribution >= 4 is 33.1 Å². The molecule has 0 amide bonds. The van der Waals surface area contributed by atoms with Crippen LogP contribution < -0.4 is 0 Å². The maximum Gasteiger partial charge on any atom is 0.194 e. The maximum atomic E-state index is 6.45. The SMILES string of the molecule is [Ir].[c-]1ccc2c(oc3cc(-c4ccccc4)ccc32)c1-c1nc2nnncc2n1-c1ccccc1.[c-]1ccccc1-c1ccccn1. The second kappa shape index (κ2) is 13.3. The van der Waals surface area contributed by atoms with Gasteiger partial charge in [0.1, 0.15) is 11.1 Å². The Morgan fingerprint density at radius 3 is 2.28 bits per heavy atom. The molecule has 5 aromatic carbocycles. The number of para-hydroxylation sites is 1. The Kier molecular flexibility index (Phi) is 8.43. The Hall–Kier alpha value is -5.82. The number of rotatable bonds is 4. The summed E-state index contributed by atoms with van der Waals surface area (Å²) >= 11 is 0. The molecule has 8 heteroatoms. The number of benzene rings is 5. The molecule has 0 aliphatic rings. The summed E-state index contributed by atoms with van der Waals surface area (Å²) < 4.78 is 8.47. The molecule has 1 radical (unpaired) electrons. The first-order valence-corrected chi connectivity index (χ1v) is 14.8. The van der Waals surface area contributed by atoms with Gasteiger partial charge in [0.15, 0.2) is 5.65 Å². The fraction of sp³-hybridized carbons (Fsp3) is 0. The van der Waals surface area contributed by atoms with Crippen LogP contribution in [0.2, 0.25) is 0 Å². The van der Waals surface area contributed by atoms with Gasteiger partial charge in [-0.05, 0) is 46.3 Å². The van der Waals surface area contributed by atoms with Crippen molar-refractivity contribution in [1.82, 2.24) is 29.9 Å². The summed E-state index contributed by atoms with van der Waals surface area (Å²) in [5.74, 6) is 0.677. The largest absolute Gasteiger partial charge is 0.501 e. The first-order chi connectivity index (χ1) is 22.8. The zero-order valence-corrected chi connectivity index (χ0v) is 27.2. The van der Waals surface area contributed by atoms with Crippen LogP contribution in [0.3, 0.4) is 0 Å². The van der Waals surface area contributed by atoms with E-state index in [-0.39, 0.29) is 20.1 Å². The molecule has 0 aliphatic carbocycles. The predicted octanol–water partition coefficient (Wildman–Crippen LogP) is 8.79. The number of hydrogen-bond donors (Lipinski definition) is 0. The quantitative estimate of drug-likeness (QED) is 0.166. The molecule has 0 unspecified atom stereocenters. The summed E-state index contributed by atoms with van der Waals surface area (Å²) in [6, 6.07) is 50.8. The number of nitrogens with zero attached hydrogens (tertiary/aromatic N) is 6. The summed E-state index contributed by atoms with van der Waals surface area (Å²) in [6.45, 7) is 0. The van der Waals surface area contributed by atoms with Crippen molar-refractivity contribution in [3.63, 3.8) is 0 Å². The van der Waals surface area contributed by atoms with E-state index in [9.17, 15) is 0 Å². The molecule has 4 aromatic heterocycles. The molecule has 0 spiro atoms. The molecule has 227 valence electrons. The molecule has 0 saturated heterocycles. The van der Waals surface area contributed by atoms with Crippen LogP contribution in [0.25, 0.3) is 72.6 Å². The zero-order chi connectivity index (χ0) is 30.7. The van der Waals surface area contributed by atoms with Gasteiger partial charge < -0.3 is 14.0 Å². The Labute approximate surface area is 283 Å². The molecular weight excluding hydrogens is 761 g/mol. The van der Waals surface area contributed by atoms with Crippen molar-refractivity contribution < 1.29 is 24.5 Å². The van der Waals surface area contributed by atoms with E-state index in [1.54, 1.807) is 12.4 Å². The Bertz CT molecular complexity index is 2370. The number of imidazole rings is 1. The summed E-state index contributed by atoms with van der Waals surface area (Å²) in [5.41, 5.74) is 8.81. The van der Waals surface area contributed by atoms with E-state index < -0.39 is 0 Å². The van der Waals surface area contributed by atoms with Gasteiger partial charge in [0.25, 0.3) is 0 Å². The molecular formula is C39H24IrN6O-2. The van der Waals surface area contributed by atoms with Gasteiger partial charge in [-0.15, -0.1) is 64.3 Å². The molecule has 0 bridgehead atoms. The molecule has 0 aliphatic heterocycles. The van der Waals surface area contributed by atoms with Gasteiger partial charge in [-0.3, -0.25) is 4.98 Å². The average molecular weight is 785 g/mol. The third kappa shape index (κ3) is 5.84. The summed E-state index contributed by atoms with van der Waals surface area (Å²) in [6.07, 6.45) is 3.47. The zero-order valence-electron chi connectivity index (χ0n) is 24.8. The third-order valence-electron chi connectivity index (χ3n) is 7.69. The molecule has 0 N–H and O–H groups in total. The van der Waals surface area contributed by atoms with Gasteiger partial charge >= 0.3 is 0 Å². The molecule has 4 heterocycles. The summed E-state index contributed by atoms with van der Waals surface area (Å²) in [5, 5.41) is 14.0. The molecule has 9 aromatic rings. The topological polar surface area (TPSA) is 82.5 Å². The first-order valence-electron chi connectivity index (χ1n) is 14.8. The molecule has 47 heavy (non-hydrogen) atoms. The second-order valence-electron chi connectivity index (χ2n) is 10.5. The van der Waals surface area contributed by atoms with Gasteiger partial charge in [0.2, 0.25) is 0 Å². The van der Waals surface area contributed by atoms with E-state index in [1.807, 2.05) is 108 Å².